The maximum atomic E-state index is 13.4. The molecule has 0 aliphatic carbocycles. The van der Waals surface area contributed by atoms with Crippen molar-refractivity contribution in [2.75, 3.05) is 32.6 Å². The van der Waals surface area contributed by atoms with Crippen LogP contribution < -0.4 is 15.4 Å². The monoisotopic (exact) mass is 271 g/mol. The Hall–Kier alpha value is -1.89. The summed E-state index contributed by atoms with van der Waals surface area (Å²) < 4.78 is 18.3. The van der Waals surface area contributed by atoms with Crippen molar-refractivity contribution in [2.24, 2.45) is 5.92 Å². The lowest BCUT2D eigenvalue weighted by Gasteiger charge is -2.14. The number of nitrogens with one attached hydrogen (secondary N) is 2. The molecule has 0 aliphatic rings. The summed E-state index contributed by atoms with van der Waals surface area (Å²) in [5, 5.41) is 16.9. The highest BCUT2D eigenvalue weighted by Crippen LogP contribution is 2.31. The quantitative estimate of drug-likeness (QED) is 0.586. The Kier molecular flexibility index (Phi) is 5.50. The van der Waals surface area contributed by atoms with Crippen LogP contribution in [0.1, 0.15) is 6.92 Å². The van der Waals surface area contributed by atoms with E-state index in [2.05, 4.69) is 10.6 Å². The number of nitrogens with zero attached hydrogens (tertiary/aromatic N) is 1. The summed E-state index contributed by atoms with van der Waals surface area (Å²) in [6.07, 6.45) is 0. The molecule has 0 aromatic heterocycles. The average Bonchev–Trinajstić information content (AvgIpc) is 2.37. The van der Waals surface area contributed by atoms with Crippen LogP contribution in [0.3, 0.4) is 0 Å². The van der Waals surface area contributed by atoms with E-state index in [1.807, 2.05) is 14.0 Å². The number of methoxy groups -OCH3 is 1. The Labute approximate surface area is 111 Å². The molecule has 1 rings (SSSR count). The number of rotatable bonds is 7. The largest absolute Gasteiger partial charge is 0.494 e. The zero-order valence-corrected chi connectivity index (χ0v) is 11.2. The van der Waals surface area contributed by atoms with E-state index in [0.717, 1.165) is 12.6 Å². The second kappa shape index (κ2) is 6.89. The van der Waals surface area contributed by atoms with E-state index in [0.29, 0.717) is 6.54 Å². The molecule has 0 fully saturated rings. The van der Waals surface area contributed by atoms with Crippen LogP contribution >= 0.6 is 0 Å². The van der Waals surface area contributed by atoms with Gasteiger partial charge in [0.05, 0.1) is 18.1 Å². The highest BCUT2D eigenvalue weighted by Gasteiger charge is 2.19. The van der Waals surface area contributed by atoms with Gasteiger partial charge in [-0.25, -0.2) is 4.39 Å². The van der Waals surface area contributed by atoms with E-state index in [4.69, 9.17) is 4.74 Å². The maximum Gasteiger partial charge on any atom is 0.295 e. The van der Waals surface area contributed by atoms with Crippen LogP contribution in [0.2, 0.25) is 0 Å². The molecule has 106 valence electrons. The Morgan fingerprint density at radius 3 is 2.68 bits per heavy atom. The summed E-state index contributed by atoms with van der Waals surface area (Å²) in [6.45, 7) is 3.31. The Balaban J connectivity index is 2.93. The van der Waals surface area contributed by atoms with Gasteiger partial charge in [-0.05, 0) is 19.5 Å². The number of ether oxygens (including phenoxy) is 1. The van der Waals surface area contributed by atoms with Crippen LogP contribution in [-0.2, 0) is 0 Å². The van der Waals surface area contributed by atoms with E-state index in [-0.39, 0.29) is 23.0 Å². The molecule has 0 radical (unpaired) electrons. The molecule has 0 bridgehead atoms. The van der Waals surface area contributed by atoms with Crippen molar-refractivity contribution in [3.05, 3.63) is 28.1 Å². The van der Waals surface area contributed by atoms with Crippen LogP contribution in [0.15, 0.2) is 12.1 Å². The molecule has 0 saturated heterocycles. The number of hydrogen-bond donors (Lipinski definition) is 2. The Bertz CT molecular complexity index is 454. The number of anilines is 1. The Morgan fingerprint density at radius 1 is 1.47 bits per heavy atom. The first-order valence-electron chi connectivity index (χ1n) is 5.90. The van der Waals surface area contributed by atoms with Crippen molar-refractivity contribution < 1.29 is 14.1 Å². The van der Waals surface area contributed by atoms with Gasteiger partial charge >= 0.3 is 0 Å². The van der Waals surface area contributed by atoms with Gasteiger partial charge in [0.15, 0.2) is 11.6 Å². The van der Waals surface area contributed by atoms with Gasteiger partial charge in [-0.3, -0.25) is 10.1 Å². The molecular formula is C12H18FN3O3. The summed E-state index contributed by atoms with van der Waals surface area (Å²) in [4.78, 5) is 10.3. The molecule has 1 aromatic rings. The molecule has 1 aromatic carbocycles. The van der Waals surface area contributed by atoms with Gasteiger partial charge in [0, 0.05) is 12.6 Å². The second-order valence-electron chi connectivity index (χ2n) is 4.30. The molecule has 7 heteroatoms. The van der Waals surface area contributed by atoms with E-state index >= 15 is 0 Å². The average molecular weight is 271 g/mol. The smallest absolute Gasteiger partial charge is 0.295 e. The van der Waals surface area contributed by atoms with Gasteiger partial charge in [0.1, 0.15) is 5.69 Å². The fraction of sp³-hybridized carbons (Fsp3) is 0.500. The normalized spacial score (nSPS) is 12.0. The lowest BCUT2D eigenvalue weighted by Crippen LogP contribution is -2.23. The van der Waals surface area contributed by atoms with Gasteiger partial charge in [-0.1, -0.05) is 6.92 Å². The molecule has 1 atom stereocenters. The van der Waals surface area contributed by atoms with Crippen molar-refractivity contribution in [3.63, 3.8) is 0 Å². The molecule has 0 saturated carbocycles. The minimum atomic E-state index is -0.747. The number of halogens is 1. The predicted octanol–water partition coefficient (Wildman–Crippen LogP) is 2.01. The first kappa shape index (κ1) is 15.2. The summed E-state index contributed by atoms with van der Waals surface area (Å²) >= 11 is 0. The minimum absolute atomic E-state index is 0.0191. The zero-order valence-electron chi connectivity index (χ0n) is 11.2. The van der Waals surface area contributed by atoms with Crippen molar-refractivity contribution >= 4 is 11.4 Å². The molecule has 0 amide bonds. The highest BCUT2D eigenvalue weighted by molar-refractivity contribution is 5.64. The number of nitro benzene ring substituents is 1. The zero-order chi connectivity index (χ0) is 14.4. The van der Waals surface area contributed by atoms with Crippen LogP contribution in [0.25, 0.3) is 0 Å². The predicted molar refractivity (Wildman–Crippen MR) is 71.2 cm³/mol. The number of nitro groups is 1. The maximum absolute atomic E-state index is 13.4. The van der Waals surface area contributed by atoms with Crippen LogP contribution in [-0.4, -0.2) is 32.2 Å². The number of benzene rings is 1. The molecule has 2 N–H and O–H groups in total. The van der Waals surface area contributed by atoms with Gasteiger partial charge in [0.25, 0.3) is 5.69 Å². The summed E-state index contributed by atoms with van der Waals surface area (Å²) in [5.41, 5.74) is -0.0406. The molecular weight excluding hydrogens is 253 g/mol. The summed E-state index contributed by atoms with van der Waals surface area (Å²) in [6, 6.07) is 2.17. The minimum Gasteiger partial charge on any atom is -0.494 e. The van der Waals surface area contributed by atoms with E-state index in [1.54, 1.807) is 0 Å². The third kappa shape index (κ3) is 4.06. The van der Waals surface area contributed by atoms with Gasteiger partial charge in [0.2, 0.25) is 0 Å². The molecule has 1 unspecified atom stereocenters. The molecule has 19 heavy (non-hydrogen) atoms. The van der Waals surface area contributed by atoms with Crippen LogP contribution in [0.5, 0.6) is 5.75 Å². The van der Waals surface area contributed by atoms with Crippen LogP contribution in [0.4, 0.5) is 15.8 Å². The van der Waals surface area contributed by atoms with E-state index < -0.39 is 10.7 Å². The standard InChI is InChI=1S/C12H18FN3O3/c1-8(6-14-2)7-15-10-5-12(19-3)9(13)4-11(10)16(17)18/h4-5,8,14-15H,6-7H2,1-3H3. The lowest BCUT2D eigenvalue weighted by molar-refractivity contribution is -0.384. The first-order valence-corrected chi connectivity index (χ1v) is 5.90. The second-order valence-corrected chi connectivity index (χ2v) is 4.30. The summed E-state index contributed by atoms with van der Waals surface area (Å²) in [7, 11) is 3.15. The molecule has 0 spiro atoms. The third-order valence-corrected chi connectivity index (χ3v) is 2.66. The van der Waals surface area contributed by atoms with Crippen molar-refractivity contribution in [2.45, 2.75) is 6.92 Å². The van der Waals surface area contributed by atoms with Crippen molar-refractivity contribution in [1.29, 1.82) is 0 Å². The molecule has 0 aliphatic heterocycles. The lowest BCUT2D eigenvalue weighted by atomic mass is 10.1. The van der Waals surface area contributed by atoms with E-state index in [1.165, 1.54) is 13.2 Å². The van der Waals surface area contributed by atoms with Crippen molar-refractivity contribution in [1.82, 2.24) is 5.32 Å². The SMILES string of the molecule is CNCC(C)CNc1cc(OC)c(F)cc1[N+](=O)[O-]. The van der Waals surface area contributed by atoms with Crippen molar-refractivity contribution in [3.8, 4) is 5.75 Å². The molecule has 6 nitrogen and oxygen atoms in total. The molecule has 0 heterocycles. The van der Waals surface area contributed by atoms with Gasteiger partial charge < -0.3 is 15.4 Å². The van der Waals surface area contributed by atoms with Gasteiger partial charge in [-0.15, -0.1) is 0 Å². The van der Waals surface area contributed by atoms with Gasteiger partial charge in [-0.2, -0.15) is 0 Å². The highest BCUT2D eigenvalue weighted by atomic mass is 19.1. The summed E-state index contributed by atoms with van der Waals surface area (Å²) in [5.74, 6) is -0.488. The topological polar surface area (TPSA) is 76.4 Å². The van der Waals surface area contributed by atoms with E-state index in [9.17, 15) is 14.5 Å². The fourth-order valence-corrected chi connectivity index (χ4v) is 1.70. The number of hydrogen-bond acceptors (Lipinski definition) is 5. The first-order chi connectivity index (χ1) is 8.99. The van der Waals surface area contributed by atoms with Crippen LogP contribution in [0, 0.1) is 21.8 Å². The third-order valence-electron chi connectivity index (χ3n) is 2.66. The Morgan fingerprint density at radius 2 is 2.16 bits per heavy atom. The fourth-order valence-electron chi connectivity index (χ4n) is 1.70.